The highest BCUT2D eigenvalue weighted by Gasteiger charge is 2.08. The monoisotopic (exact) mass is 270 g/mol. The lowest BCUT2D eigenvalue weighted by atomic mass is 10.2. The Morgan fingerprint density at radius 2 is 2.22 bits per heavy atom. The normalized spacial score (nSPS) is 9.83. The van der Waals surface area contributed by atoms with E-state index in [0.717, 1.165) is 6.07 Å². The van der Waals surface area contributed by atoms with Crippen LogP contribution >= 0.6 is 12.2 Å². The third kappa shape index (κ3) is 4.19. The van der Waals surface area contributed by atoms with Crippen molar-refractivity contribution in [2.45, 2.75) is 0 Å². The molecule has 1 rings (SSSR count). The van der Waals surface area contributed by atoms with Crippen molar-refractivity contribution in [3.8, 4) is 5.75 Å². The van der Waals surface area contributed by atoms with Crippen LogP contribution in [0.1, 0.15) is 10.4 Å². The van der Waals surface area contributed by atoms with Crippen LogP contribution in [-0.4, -0.2) is 41.6 Å². The van der Waals surface area contributed by atoms with E-state index in [2.05, 4.69) is 10.6 Å². The molecule has 0 amide bonds. The van der Waals surface area contributed by atoms with Gasteiger partial charge in [0, 0.05) is 13.7 Å². The Kier molecular flexibility index (Phi) is 5.34. The fraction of sp³-hybridized carbons (Fsp3) is 0.273. The summed E-state index contributed by atoms with van der Waals surface area (Å²) in [4.78, 5) is 10.7. The Labute approximate surface area is 110 Å². The number of aromatic hydroxyl groups is 1. The van der Waals surface area contributed by atoms with Crippen LogP contribution in [0, 0.1) is 0 Å². The molecule has 6 nitrogen and oxygen atoms in total. The zero-order chi connectivity index (χ0) is 13.5. The van der Waals surface area contributed by atoms with Crippen LogP contribution < -0.4 is 10.6 Å². The Hall–Kier alpha value is -1.86. The number of carbonyl (C=O) groups is 1. The molecule has 0 spiro atoms. The molecule has 0 aliphatic rings. The molecule has 0 heterocycles. The number of phenolic OH excluding ortho intramolecular Hbond substituents is 1. The van der Waals surface area contributed by atoms with E-state index in [1.54, 1.807) is 7.11 Å². The Bertz CT molecular complexity index is 451. The predicted octanol–water partition coefficient (Wildman–Crippen LogP) is 1.02. The molecule has 0 aliphatic heterocycles. The molecular weight excluding hydrogens is 256 g/mol. The second-order valence-corrected chi connectivity index (χ2v) is 3.82. The molecule has 1 aromatic rings. The second kappa shape index (κ2) is 6.77. The summed E-state index contributed by atoms with van der Waals surface area (Å²) in [6, 6.07) is 3.98. The smallest absolute Gasteiger partial charge is 0.335 e. The van der Waals surface area contributed by atoms with Crippen LogP contribution in [0.5, 0.6) is 5.75 Å². The number of thiocarbonyl (C=S) groups is 1. The van der Waals surface area contributed by atoms with Crippen molar-refractivity contribution >= 4 is 29.0 Å². The van der Waals surface area contributed by atoms with Gasteiger partial charge in [0.2, 0.25) is 0 Å². The van der Waals surface area contributed by atoms with E-state index in [-0.39, 0.29) is 11.3 Å². The summed E-state index contributed by atoms with van der Waals surface area (Å²) in [5, 5.41) is 24.3. The number of methoxy groups -OCH3 is 1. The van der Waals surface area contributed by atoms with Gasteiger partial charge in [-0.2, -0.15) is 0 Å². The van der Waals surface area contributed by atoms with Crippen molar-refractivity contribution in [2.24, 2.45) is 0 Å². The predicted molar refractivity (Wildman–Crippen MR) is 71.2 cm³/mol. The first-order chi connectivity index (χ1) is 8.54. The number of carboxylic acids is 1. The van der Waals surface area contributed by atoms with Crippen molar-refractivity contribution in [1.29, 1.82) is 0 Å². The lowest BCUT2D eigenvalue weighted by Gasteiger charge is -2.11. The number of hydrogen-bond donors (Lipinski definition) is 4. The van der Waals surface area contributed by atoms with Gasteiger partial charge >= 0.3 is 5.97 Å². The van der Waals surface area contributed by atoms with Gasteiger partial charge in [0.05, 0.1) is 17.9 Å². The first-order valence-electron chi connectivity index (χ1n) is 5.14. The van der Waals surface area contributed by atoms with E-state index < -0.39 is 5.97 Å². The van der Waals surface area contributed by atoms with Gasteiger partial charge in [-0.3, -0.25) is 0 Å². The summed E-state index contributed by atoms with van der Waals surface area (Å²) >= 11 is 4.99. The van der Waals surface area contributed by atoms with Gasteiger partial charge in [0.15, 0.2) is 5.11 Å². The van der Waals surface area contributed by atoms with Crippen LogP contribution in [-0.2, 0) is 4.74 Å². The van der Waals surface area contributed by atoms with Crippen molar-refractivity contribution in [3.63, 3.8) is 0 Å². The molecular formula is C11H14N2O4S. The molecule has 0 aliphatic carbocycles. The molecule has 4 N–H and O–H groups in total. The average molecular weight is 270 g/mol. The minimum Gasteiger partial charge on any atom is -0.506 e. The third-order valence-electron chi connectivity index (χ3n) is 2.08. The molecule has 1 aromatic carbocycles. The summed E-state index contributed by atoms with van der Waals surface area (Å²) in [6.45, 7) is 1.04. The summed E-state index contributed by atoms with van der Waals surface area (Å²) in [5.41, 5.74) is 0.353. The Morgan fingerprint density at radius 3 is 2.78 bits per heavy atom. The average Bonchev–Trinajstić information content (AvgIpc) is 2.32. The molecule has 0 saturated heterocycles. The molecule has 98 valence electrons. The SMILES string of the molecule is COCCNC(=S)Nc1ccc(C(=O)O)cc1O. The van der Waals surface area contributed by atoms with Crippen LogP contribution in [0.4, 0.5) is 5.69 Å². The molecule has 0 saturated carbocycles. The number of aromatic carboxylic acids is 1. The van der Waals surface area contributed by atoms with Crippen molar-refractivity contribution < 1.29 is 19.7 Å². The van der Waals surface area contributed by atoms with E-state index in [1.165, 1.54) is 12.1 Å². The maximum Gasteiger partial charge on any atom is 0.335 e. The summed E-state index contributed by atoms with van der Waals surface area (Å²) in [6.07, 6.45) is 0. The number of hydrogen-bond acceptors (Lipinski definition) is 4. The number of rotatable bonds is 5. The van der Waals surface area contributed by atoms with Gasteiger partial charge in [-0.05, 0) is 30.4 Å². The van der Waals surface area contributed by atoms with E-state index in [9.17, 15) is 9.90 Å². The van der Waals surface area contributed by atoms with Gasteiger partial charge < -0.3 is 25.6 Å². The lowest BCUT2D eigenvalue weighted by molar-refractivity contribution is 0.0696. The summed E-state index contributed by atoms with van der Waals surface area (Å²) in [5.74, 6) is -1.27. The van der Waals surface area contributed by atoms with E-state index >= 15 is 0 Å². The van der Waals surface area contributed by atoms with Crippen LogP contribution in [0.3, 0.4) is 0 Å². The summed E-state index contributed by atoms with van der Waals surface area (Å²) < 4.78 is 4.84. The summed E-state index contributed by atoms with van der Waals surface area (Å²) in [7, 11) is 1.58. The highest BCUT2D eigenvalue weighted by atomic mass is 32.1. The second-order valence-electron chi connectivity index (χ2n) is 3.41. The molecule has 0 fully saturated rings. The molecule has 18 heavy (non-hydrogen) atoms. The van der Waals surface area contributed by atoms with Crippen molar-refractivity contribution in [3.05, 3.63) is 23.8 Å². The standard InChI is InChI=1S/C11H14N2O4S/c1-17-5-4-12-11(18)13-8-3-2-7(10(15)16)6-9(8)14/h2-3,6,14H,4-5H2,1H3,(H,15,16)(H2,12,13,18). The highest BCUT2D eigenvalue weighted by Crippen LogP contribution is 2.24. The van der Waals surface area contributed by atoms with E-state index in [1.807, 2.05) is 0 Å². The zero-order valence-electron chi connectivity index (χ0n) is 9.77. The number of ether oxygens (including phenoxy) is 1. The highest BCUT2D eigenvalue weighted by molar-refractivity contribution is 7.80. The van der Waals surface area contributed by atoms with Crippen LogP contribution in [0.25, 0.3) is 0 Å². The van der Waals surface area contributed by atoms with Gasteiger partial charge in [-0.1, -0.05) is 0 Å². The third-order valence-corrected chi connectivity index (χ3v) is 2.33. The van der Waals surface area contributed by atoms with Crippen molar-refractivity contribution in [2.75, 3.05) is 25.6 Å². The molecule has 0 unspecified atom stereocenters. The number of benzene rings is 1. The largest absolute Gasteiger partial charge is 0.506 e. The maximum absolute atomic E-state index is 10.7. The lowest BCUT2D eigenvalue weighted by Crippen LogP contribution is -2.31. The van der Waals surface area contributed by atoms with Crippen molar-refractivity contribution in [1.82, 2.24) is 5.32 Å². The van der Waals surface area contributed by atoms with Crippen LogP contribution in [0.15, 0.2) is 18.2 Å². The fourth-order valence-corrected chi connectivity index (χ4v) is 1.42. The fourth-order valence-electron chi connectivity index (χ4n) is 1.20. The molecule has 7 heteroatoms. The van der Waals surface area contributed by atoms with Gasteiger partial charge in [0.25, 0.3) is 0 Å². The molecule has 0 aromatic heterocycles. The molecule has 0 radical (unpaired) electrons. The first-order valence-corrected chi connectivity index (χ1v) is 5.55. The zero-order valence-corrected chi connectivity index (χ0v) is 10.6. The van der Waals surface area contributed by atoms with Gasteiger partial charge in [0.1, 0.15) is 5.75 Å². The Morgan fingerprint density at radius 1 is 1.50 bits per heavy atom. The minimum absolute atomic E-state index is 0.0105. The molecule has 0 bridgehead atoms. The number of nitrogens with one attached hydrogen (secondary N) is 2. The van der Waals surface area contributed by atoms with Crippen LogP contribution in [0.2, 0.25) is 0 Å². The Balaban J connectivity index is 2.62. The quantitative estimate of drug-likeness (QED) is 0.361. The van der Waals surface area contributed by atoms with Gasteiger partial charge in [-0.25, -0.2) is 4.79 Å². The number of phenols is 1. The first kappa shape index (κ1) is 14.2. The van der Waals surface area contributed by atoms with E-state index in [4.69, 9.17) is 22.1 Å². The molecule has 0 atom stereocenters. The van der Waals surface area contributed by atoms with Gasteiger partial charge in [-0.15, -0.1) is 0 Å². The maximum atomic E-state index is 10.7. The number of anilines is 1. The number of carboxylic acid groups (broad SMARTS) is 1. The minimum atomic E-state index is -1.10. The van der Waals surface area contributed by atoms with E-state index in [0.29, 0.717) is 24.0 Å². The topological polar surface area (TPSA) is 90.8 Å².